The lowest BCUT2D eigenvalue weighted by Crippen LogP contribution is -2.08. The van der Waals surface area contributed by atoms with E-state index in [0.717, 1.165) is 51.4 Å². The van der Waals surface area contributed by atoms with E-state index >= 15 is 0 Å². The smallest absolute Gasteiger partial charge is 0.313 e. The monoisotopic (exact) mass is 300 g/mol. The summed E-state index contributed by atoms with van der Waals surface area (Å²) in [5.41, 5.74) is 0. The van der Waals surface area contributed by atoms with E-state index in [2.05, 4.69) is 9.47 Å². The number of unbranched alkanes of at least 4 members (excludes halogenated alkanes) is 7. The summed E-state index contributed by atoms with van der Waals surface area (Å²) in [5, 5.41) is 0. The number of Topliss-reactive ketones (excluding diaryl/α,β-unsaturated/α-hetero) is 1. The van der Waals surface area contributed by atoms with Crippen molar-refractivity contribution >= 4 is 17.7 Å². The zero-order chi connectivity index (χ0) is 15.9. The molecule has 0 fully saturated rings. The number of hydrogen-bond donors (Lipinski definition) is 0. The first-order valence-electron chi connectivity index (χ1n) is 7.75. The summed E-state index contributed by atoms with van der Waals surface area (Å²) >= 11 is 0. The quantitative estimate of drug-likeness (QED) is 0.297. The van der Waals surface area contributed by atoms with Gasteiger partial charge in [0.05, 0.1) is 14.2 Å². The Hall–Kier alpha value is -1.39. The Bertz CT molecular complexity index is 312. The second-order valence-corrected chi connectivity index (χ2v) is 5.20. The van der Waals surface area contributed by atoms with Crippen molar-refractivity contribution < 1.29 is 23.9 Å². The number of methoxy groups -OCH3 is 2. The van der Waals surface area contributed by atoms with Crippen LogP contribution < -0.4 is 0 Å². The molecule has 0 radical (unpaired) electrons. The first kappa shape index (κ1) is 19.6. The third-order valence-electron chi connectivity index (χ3n) is 3.38. The average molecular weight is 300 g/mol. The van der Waals surface area contributed by atoms with E-state index in [1.165, 1.54) is 14.2 Å². The Kier molecular flexibility index (Phi) is 12.7. The van der Waals surface area contributed by atoms with Gasteiger partial charge in [-0.3, -0.25) is 14.4 Å². The molecule has 0 aromatic carbocycles. The molecule has 0 aliphatic rings. The number of ether oxygens (including phenoxy) is 2. The number of carbonyl (C=O) groups is 3. The fraction of sp³-hybridized carbons (Fsp3) is 0.812. The SMILES string of the molecule is COC(=O)CCCCCCCCCCC(=O)CC(=O)OC. The summed E-state index contributed by atoms with van der Waals surface area (Å²) in [5.74, 6) is -0.622. The van der Waals surface area contributed by atoms with Crippen molar-refractivity contribution in [3.05, 3.63) is 0 Å². The van der Waals surface area contributed by atoms with Crippen LogP contribution >= 0.6 is 0 Å². The Labute approximate surface area is 127 Å². The lowest BCUT2D eigenvalue weighted by atomic mass is 10.0. The van der Waals surface area contributed by atoms with Crippen LogP contribution in [0.15, 0.2) is 0 Å². The predicted molar refractivity (Wildman–Crippen MR) is 79.8 cm³/mol. The molecule has 122 valence electrons. The van der Waals surface area contributed by atoms with Gasteiger partial charge < -0.3 is 9.47 Å². The minimum Gasteiger partial charge on any atom is -0.469 e. The maximum absolute atomic E-state index is 11.4. The van der Waals surface area contributed by atoms with Crippen LogP contribution in [0.3, 0.4) is 0 Å². The third-order valence-corrected chi connectivity index (χ3v) is 3.38. The van der Waals surface area contributed by atoms with Crippen LogP contribution in [0.5, 0.6) is 0 Å². The molecule has 5 nitrogen and oxygen atoms in total. The molecule has 0 bridgehead atoms. The molecule has 0 aromatic heterocycles. The van der Waals surface area contributed by atoms with Gasteiger partial charge >= 0.3 is 11.9 Å². The number of ketones is 1. The molecule has 0 heterocycles. The van der Waals surface area contributed by atoms with E-state index in [-0.39, 0.29) is 18.2 Å². The van der Waals surface area contributed by atoms with E-state index in [1.54, 1.807) is 0 Å². The summed E-state index contributed by atoms with van der Waals surface area (Å²) in [7, 11) is 2.71. The highest BCUT2D eigenvalue weighted by atomic mass is 16.5. The van der Waals surface area contributed by atoms with Gasteiger partial charge in [0.2, 0.25) is 0 Å². The van der Waals surface area contributed by atoms with Gasteiger partial charge in [0.25, 0.3) is 0 Å². The summed E-state index contributed by atoms with van der Waals surface area (Å²) in [6.07, 6.45) is 9.28. The molecule has 0 aliphatic carbocycles. The molecule has 0 rings (SSSR count). The minimum absolute atomic E-state index is 0.0374. The van der Waals surface area contributed by atoms with Gasteiger partial charge in [0.1, 0.15) is 12.2 Å². The highest BCUT2D eigenvalue weighted by molar-refractivity contribution is 5.95. The van der Waals surface area contributed by atoms with Gasteiger partial charge in [-0.15, -0.1) is 0 Å². The largest absolute Gasteiger partial charge is 0.469 e. The van der Waals surface area contributed by atoms with Crippen molar-refractivity contribution in [1.29, 1.82) is 0 Å². The standard InChI is InChI=1S/C16H28O5/c1-20-15(18)12-10-8-6-4-3-5-7-9-11-14(17)13-16(19)21-2/h3-13H2,1-2H3. The van der Waals surface area contributed by atoms with E-state index in [1.807, 2.05) is 0 Å². The molecule has 0 saturated carbocycles. The van der Waals surface area contributed by atoms with E-state index in [0.29, 0.717) is 12.8 Å². The minimum atomic E-state index is -0.452. The van der Waals surface area contributed by atoms with Gasteiger partial charge in [-0.1, -0.05) is 38.5 Å². The Morgan fingerprint density at radius 2 is 1.05 bits per heavy atom. The van der Waals surface area contributed by atoms with Crippen molar-refractivity contribution in [2.45, 2.75) is 70.6 Å². The van der Waals surface area contributed by atoms with E-state index in [4.69, 9.17) is 0 Å². The average Bonchev–Trinajstić information content (AvgIpc) is 2.48. The van der Waals surface area contributed by atoms with Crippen molar-refractivity contribution in [2.75, 3.05) is 14.2 Å². The van der Waals surface area contributed by atoms with Gasteiger partial charge in [-0.25, -0.2) is 0 Å². The van der Waals surface area contributed by atoms with Crippen LogP contribution in [0.25, 0.3) is 0 Å². The second kappa shape index (κ2) is 13.6. The molecule has 0 aliphatic heterocycles. The first-order chi connectivity index (χ1) is 10.1. The van der Waals surface area contributed by atoms with Crippen LogP contribution in [0, 0.1) is 0 Å². The topological polar surface area (TPSA) is 69.7 Å². The fourth-order valence-corrected chi connectivity index (χ4v) is 2.08. The van der Waals surface area contributed by atoms with Crippen molar-refractivity contribution in [3.8, 4) is 0 Å². The van der Waals surface area contributed by atoms with Crippen LogP contribution in [0.4, 0.5) is 0 Å². The molecule has 0 amide bonds. The Balaban J connectivity index is 3.24. The van der Waals surface area contributed by atoms with E-state index < -0.39 is 5.97 Å². The van der Waals surface area contributed by atoms with Crippen LogP contribution in [-0.4, -0.2) is 31.9 Å². The molecule has 0 saturated heterocycles. The summed E-state index contributed by atoms with van der Waals surface area (Å²) in [6, 6.07) is 0. The van der Waals surface area contributed by atoms with Gasteiger partial charge in [-0.05, 0) is 12.8 Å². The maximum atomic E-state index is 11.4. The van der Waals surface area contributed by atoms with Crippen molar-refractivity contribution in [1.82, 2.24) is 0 Å². The van der Waals surface area contributed by atoms with Crippen molar-refractivity contribution in [2.24, 2.45) is 0 Å². The van der Waals surface area contributed by atoms with Crippen LogP contribution in [0.2, 0.25) is 0 Å². The Morgan fingerprint density at radius 3 is 1.52 bits per heavy atom. The lowest BCUT2D eigenvalue weighted by molar-refractivity contribution is -0.143. The Morgan fingerprint density at radius 1 is 0.619 bits per heavy atom. The highest BCUT2D eigenvalue weighted by Gasteiger charge is 2.08. The third kappa shape index (κ3) is 13.4. The molecule has 0 aromatic rings. The van der Waals surface area contributed by atoms with Crippen molar-refractivity contribution in [3.63, 3.8) is 0 Å². The predicted octanol–water partition coefficient (Wildman–Crippen LogP) is 3.19. The normalized spacial score (nSPS) is 10.2. The fourth-order valence-electron chi connectivity index (χ4n) is 2.08. The molecular formula is C16H28O5. The van der Waals surface area contributed by atoms with Gasteiger partial charge in [-0.2, -0.15) is 0 Å². The molecule has 0 atom stereocenters. The summed E-state index contributed by atoms with van der Waals surface area (Å²) in [6.45, 7) is 0. The molecule has 5 heteroatoms. The second-order valence-electron chi connectivity index (χ2n) is 5.20. The molecular weight excluding hydrogens is 272 g/mol. The molecule has 0 unspecified atom stereocenters. The van der Waals surface area contributed by atoms with Crippen LogP contribution in [-0.2, 0) is 23.9 Å². The molecule has 0 N–H and O–H groups in total. The molecule has 0 spiro atoms. The zero-order valence-corrected chi connectivity index (χ0v) is 13.3. The van der Waals surface area contributed by atoms with Crippen LogP contribution in [0.1, 0.15) is 70.6 Å². The highest BCUT2D eigenvalue weighted by Crippen LogP contribution is 2.11. The maximum Gasteiger partial charge on any atom is 0.313 e. The summed E-state index contributed by atoms with van der Waals surface area (Å²) < 4.78 is 9.02. The van der Waals surface area contributed by atoms with Gasteiger partial charge in [0.15, 0.2) is 0 Å². The summed E-state index contributed by atoms with van der Waals surface area (Å²) in [4.78, 5) is 33.1. The number of hydrogen-bond acceptors (Lipinski definition) is 5. The molecule has 21 heavy (non-hydrogen) atoms. The van der Waals surface area contributed by atoms with Gasteiger partial charge in [0, 0.05) is 12.8 Å². The van der Waals surface area contributed by atoms with E-state index in [9.17, 15) is 14.4 Å². The zero-order valence-electron chi connectivity index (χ0n) is 13.3. The first-order valence-corrected chi connectivity index (χ1v) is 7.75. The lowest BCUT2D eigenvalue weighted by Gasteiger charge is -2.02. The number of esters is 2. The number of rotatable bonds is 13. The number of carbonyl (C=O) groups excluding carboxylic acids is 3.